The Morgan fingerprint density at radius 1 is 1.29 bits per heavy atom. The number of aryl methyl sites for hydroxylation is 1. The van der Waals surface area contributed by atoms with Crippen LogP contribution in [0.2, 0.25) is 0 Å². The van der Waals surface area contributed by atoms with Crippen LogP contribution in [0.3, 0.4) is 0 Å². The van der Waals surface area contributed by atoms with E-state index in [9.17, 15) is 18.0 Å². The first-order valence-corrected chi connectivity index (χ1v) is 8.16. The minimum Gasteiger partial charge on any atom is -0.348 e. The van der Waals surface area contributed by atoms with Crippen LogP contribution in [0.4, 0.5) is 18.3 Å². The molecule has 1 saturated heterocycles. The fourth-order valence-electron chi connectivity index (χ4n) is 2.49. The number of anilines is 1. The normalized spacial score (nSPS) is 18.2. The minimum atomic E-state index is -4.52. The zero-order valence-corrected chi connectivity index (χ0v) is 13.6. The van der Waals surface area contributed by atoms with E-state index in [2.05, 4.69) is 15.5 Å². The van der Waals surface area contributed by atoms with Gasteiger partial charge in [-0.1, -0.05) is 41.2 Å². The van der Waals surface area contributed by atoms with Gasteiger partial charge in [-0.05, 0) is 18.9 Å². The summed E-state index contributed by atoms with van der Waals surface area (Å²) in [7, 11) is 0. The summed E-state index contributed by atoms with van der Waals surface area (Å²) < 4.78 is 37.6. The molecule has 1 aliphatic heterocycles. The molecule has 5 nitrogen and oxygen atoms in total. The monoisotopic (exact) mass is 356 g/mol. The SMILES string of the molecule is Cc1ccc(CN2CCC(Nc3nnc(C(F)(F)F)s3)C2=O)cc1. The van der Waals surface area contributed by atoms with Crippen LogP contribution in [0, 0.1) is 6.92 Å². The van der Waals surface area contributed by atoms with Crippen molar-refractivity contribution in [2.45, 2.75) is 32.1 Å². The Labute approximate surface area is 140 Å². The zero-order chi connectivity index (χ0) is 17.3. The molecular weight excluding hydrogens is 341 g/mol. The predicted octanol–water partition coefficient (Wildman–Crippen LogP) is 3.08. The van der Waals surface area contributed by atoms with Gasteiger partial charge in [-0.25, -0.2) is 0 Å². The van der Waals surface area contributed by atoms with Gasteiger partial charge in [0.05, 0.1) is 0 Å². The van der Waals surface area contributed by atoms with Gasteiger partial charge in [0.15, 0.2) is 0 Å². The molecule has 9 heteroatoms. The molecule has 0 radical (unpaired) electrons. The maximum atomic E-state index is 12.5. The highest BCUT2D eigenvalue weighted by Gasteiger charge is 2.37. The van der Waals surface area contributed by atoms with Crippen molar-refractivity contribution in [2.75, 3.05) is 11.9 Å². The van der Waals surface area contributed by atoms with E-state index in [1.54, 1.807) is 4.90 Å². The summed E-state index contributed by atoms with van der Waals surface area (Å²) in [6.45, 7) is 3.03. The maximum Gasteiger partial charge on any atom is 0.445 e. The Kier molecular flexibility index (Phi) is 4.44. The molecule has 1 aromatic carbocycles. The van der Waals surface area contributed by atoms with Gasteiger partial charge in [0.1, 0.15) is 6.04 Å². The Bertz CT molecular complexity index is 729. The highest BCUT2D eigenvalue weighted by atomic mass is 32.1. The molecule has 1 aliphatic rings. The number of likely N-dealkylation sites (tertiary alicyclic amines) is 1. The standard InChI is InChI=1S/C15H15F3N4OS/c1-9-2-4-10(5-3-9)8-22-7-6-11(12(22)23)19-14-21-20-13(24-14)15(16,17)18/h2-5,11H,6-8H2,1H3,(H,19,21). The first kappa shape index (κ1) is 16.7. The Balaban J connectivity index is 1.61. The van der Waals surface area contributed by atoms with Crippen molar-refractivity contribution in [1.82, 2.24) is 15.1 Å². The number of halogens is 3. The lowest BCUT2D eigenvalue weighted by atomic mass is 10.1. The van der Waals surface area contributed by atoms with Gasteiger partial charge in [-0.2, -0.15) is 13.2 Å². The topological polar surface area (TPSA) is 58.1 Å². The lowest BCUT2D eigenvalue weighted by Crippen LogP contribution is -2.33. The van der Waals surface area contributed by atoms with Crippen LogP contribution < -0.4 is 5.32 Å². The number of hydrogen-bond donors (Lipinski definition) is 1. The molecule has 1 N–H and O–H groups in total. The number of alkyl halides is 3. The fraction of sp³-hybridized carbons (Fsp3) is 0.400. The summed E-state index contributed by atoms with van der Waals surface area (Å²) in [6, 6.07) is 7.31. The Morgan fingerprint density at radius 2 is 2.00 bits per heavy atom. The Hall–Kier alpha value is -2.16. The van der Waals surface area contributed by atoms with Crippen LogP contribution in [-0.2, 0) is 17.5 Å². The molecule has 1 atom stereocenters. The largest absolute Gasteiger partial charge is 0.445 e. The third-order valence-electron chi connectivity index (χ3n) is 3.76. The first-order valence-electron chi connectivity index (χ1n) is 7.34. The van der Waals surface area contributed by atoms with Gasteiger partial charge in [0, 0.05) is 13.1 Å². The van der Waals surface area contributed by atoms with E-state index in [1.807, 2.05) is 31.2 Å². The summed E-state index contributed by atoms with van der Waals surface area (Å²) in [5.41, 5.74) is 2.16. The van der Waals surface area contributed by atoms with Gasteiger partial charge >= 0.3 is 6.18 Å². The molecule has 0 spiro atoms. The quantitative estimate of drug-likeness (QED) is 0.915. The highest BCUT2D eigenvalue weighted by molar-refractivity contribution is 7.15. The smallest absolute Gasteiger partial charge is 0.348 e. The second-order valence-electron chi connectivity index (χ2n) is 5.64. The third kappa shape index (κ3) is 3.66. The molecule has 128 valence electrons. The van der Waals surface area contributed by atoms with Crippen molar-refractivity contribution in [1.29, 1.82) is 0 Å². The van der Waals surface area contributed by atoms with Gasteiger partial charge in [0.25, 0.3) is 0 Å². The average molecular weight is 356 g/mol. The van der Waals surface area contributed by atoms with Crippen LogP contribution in [0.1, 0.15) is 22.6 Å². The van der Waals surface area contributed by atoms with Gasteiger partial charge in [-0.15, -0.1) is 10.2 Å². The molecule has 0 aliphatic carbocycles. The molecule has 24 heavy (non-hydrogen) atoms. The number of amides is 1. The fourth-order valence-corrected chi connectivity index (χ4v) is 3.15. The van der Waals surface area contributed by atoms with Crippen molar-refractivity contribution >= 4 is 22.4 Å². The van der Waals surface area contributed by atoms with Crippen LogP contribution in [-0.4, -0.2) is 33.6 Å². The number of carbonyl (C=O) groups excluding carboxylic acids is 1. The molecule has 1 unspecified atom stereocenters. The van der Waals surface area contributed by atoms with E-state index in [4.69, 9.17) is 0 Å². The average Bonchev–Trinajstić information content (AvgIpc) is 3.11. The lowest BCUT2D eigenvalue weighted by Gasteiger charge is -2.17. The Morgan fingerprint density at radius 3 is 2.62 bits per heavy atom. The molecule has 2 aromatic rings. The van der Waals surface area contributed by atoms with Crippen LogP contribution in [0.5, 0.6) is 0 Å². The van der Waals surface area contributed by atoms with Crippen molar-refractivity contribution < 1.29 is 18.0 Å². The predicted molar refractivity (Wildman–Crippen MR) is 83.5 cm³/mol. The van der Waals surface area contributed by atoms with E-state index in [0.717, 1.165) is 11.1 Å². The maximum absolute atomic E-state index is 12.5. The minimum absolute atomic E-state index is 0.0119. The molecule has 1 fully saturated rings. The summed E-state index contributed by atoms with van der Waals surface area (Å²) in [6.07, 6.45) is -4.00. The first-order chi connectivity index (χ1) is 11.3. The van der Waals surface area contributed by atoms with Crippen molar-refractivity contribution in [2.24, 2.45) is 0 Å². The van der Waals surface area contributed by atoms with E-state index < -0.39 is 17.2 Å². The number of nitrogens with one attached hydrogen (secondary N) is 1. The van der Waals surface area contributed by atoms with E-state index >= 15 is 0 Å². The second kappa shape index (κ2) is 6.39. The molecule has 2 heterocycles. The van der Waals surface area contributed by atoms with Gasteiger partial charge in [-0.3, -0.25) is 4.79 Å². The van der Waals surface area contributed by atoms with E-state index in [1.165, 1.54) is 0 Å². The zero-order valence-electron chi connectivity index (χ0n) is 12.8. The van der Waals surface area contributed by atoms with Crippen molar-refractivity contribution in [3.05, 3.63) is 40.4 Å². The number of carbonyl (C=O) groups is 1. The number of aromatic nitrogens is 2. The molecule has 1 aromatic heterocycles. The van der Waals surface area contributed by atoms with Crippen molar-refractivity contribution in [3.63, 3.8) is 0 Å². The summed E-state index contributed by atoms with van der Waals surface area (Å²) >= 11 is 0.406. The summed E-state index contributed by atoms with van der Waals surface area (Å²) in [4.78, 5) is 14.1. The summed E-state index contributed by atoms with van der Waals surface area (Å²) in [5, 5.41) is 8.32. The number of nitrogens with zero attached hydrogens (tertiary/aromatic N) is 3. The van der Waals surface area contributed by atoms with Crippen LogP contribution in [0.25, 0.3) is 0 Å². The molecule has 3 rings (SSSR count). The number of rotatable bonds is 4. The molecular formula is C15H15F3N4OS. The lowest BCUT2D eigenvalue weighted by molar-refractivity contribution is -0.138. The third-order valence-corrected chi connectivity index (χ3v) is 4.66. The molecule has 0 saturated carbocycles. The molecule has 0 bridgehead atoms. The van der Waals surface area contributed by atoms with Gasteiger partial charge < -0.3 is 10.2 Å². The van der Waals surface area contributed by atoms with E-state index in [0.29, 0.717) is 30.8 Å². The second-order valence-corrected chi connectivity index (χ2v) is 6.62. The van der Waals surface area contributed by atoms with Crippen LogP contribution >= 0.6 is 11.3 Å². The van der Waals surface area contributed by atoms with Crippen LogP contribution in [0.15, 0.2) is 24.3 Å². The number of hydrogen-bond acceptors (Lipinski definition) is 5. The number of benzene rings is 1. The van der Waals surface area contributed by atoms with Crippen molar-refractivity contribution in [3.8, 4) is 0 Å². The summed E-state index contributed by atoms with van der Waals surface area (Å²) in [5.74, 6) is -0.140. The van der Waals surface area contributed by atoms with Gasteiger partial charge in [0.2, 0.25) is 16.0 Å². The highest BCUT2D eigenvalue weighted by Crippen LogP contribution is 2.33. The van der Waals surface area contributed by atoms with E-state index in [-0.39, 0.29) is 11.0 Å². The molecule has 1 amide bonds.